The van der Waals surface area contributed by atoms with E-state index >= 15 is 0 Å². The van der Waals surface area contributed by atoms with Crippen LogP contribution in [0.2, 0.25) is 0 Å². The minimum Gasteiger partial charge on any atom is -0.319 e. The quantitative estimate of drug-likeness (QED) is 0.719. The van der Waals surface area contributed by atoms with E-state index in [1.165, 1.54) is 16.7 Å². The highest BCUT2D eigenvalue weighted by Crippen LogP contribution is 2.16. The molecule has 0 bridgehead atoms. The average Bonchev–Trinajstić information content (AvgIpc) is 2.61. The van der Waals surface area contributed by atoms with Gasteiger partial charge < -0.3 is 10.6 Å². The summed E-state index contributed by atoms with van der Waals surface area (Å²) in [5.74, 6) is 0. The molecule has 1 aliphatic rings. The van der Waals surface area contributed by atoms with Crippen molar-refractivity contribution in [2.24, 2.45) is 0 Å². The lowest BCUT2D eigenvalue weighted by Crippen LogP contribution is -2.10. The maximum absolute atomic E-state index is 3.36. The Bertz CT molecular complexity index is 294. The molecule has 1 heterocycles. The van der Waals surface area contributed by atoms with E-state index in [-0.39, 0.29) is 0 Å². The first-order valence-electron chi connectivity index (χ1n) is 4.86. The summed E-state index contributed by atoms with van der Waals surface area (Å²) in [5, 5.41) is 6.52. The van der Waals surface area contributed by atoms with Gasteiger partial charge in [0.2, 0.25) is 0 Å². The van der Waals surface area contributed by atoms with Crippen LogP contribution in [0.3, 0.4) is 0 Å². The third-order valence-electron chi connectivity index (χ3n) is 2.57. The molecule has 0 aliphatic carbocycles. The minimum absolute atomic E-state index is 1.04. The van der Waals surface area contributed by atoms with Crippen LogP contribution in [0.5, 0.6) is 0 Å². The van der Waals surface area contributed by atoms with E-state index in [4.69, 9.17) is 0 Å². The Kier molecular flexibility index (Phi) is 2.62. The Morgan fingerprint density at radius 2 is 2.15 bits per heavy atom. The smallest absolute Gasteiger partial charge is 0.0212 e. The molecule has 2 nitrogen and oxygen atoms in total. The lowest BCUT2D eigenvalue weighted by molar-refractivity contribution is 0.764. The minimum atomic E-state index is 1.04. The molecule has 0 spiro atoms. The van der Waals surface area contributed by atoms with Gasteiger partial charge in [-0.25, -0.2) is 0 Å². The van der Waals surface area contributed by atoms with Gasteiger partial charge in [-0.1, -0.05) is 18.2 Å². The van der Waals surface area contributed by atoms with Gasteiger partial charge in [0.05, 0.1) is 0 Å². The van der Waals surface area contributed by atoms with Crippen LogP contribution < -0.4 is 10.6 Å². The predicted octanol–water partition coefficient (Wildman–Crippen LogP) is 1.05. The molecule has 1 aromatic rings. The third-order valence-corrected chi connectivity index (χ3v) is 2.57. The molecule has 2 rings (SSSR count). The molecule has 1 aromatic carbocycles. The van der Waals surface area contributed by atoms with Crippen LogP contribution in [0.4, 0.5) is 0 Å². The molecule has 2 N–H and O–H groups in total. The van der Waals surface area contributed by atoms with Crippen LogP contribution >= 0.6 is 0 Å². The van der Waals surface area contributed by atoms with Crippen molar-refractivity contribution < 1.29 is 0 Å². The lowest BCUT2D eigenvalue weighted by Gasteiger charge is -2.03. The number of rotatable bonds is 3. The van der Waals surface area contributed by atoms with Gasteiger partial charge in [-0.2, -0.15) is 0 Å². The van der Waals surface area contributed by atoms with Crippen molar-refractivity contribution in [1.29, 1.82) is 0 Å². The van der Waals surface area contributed by atoms with Crippen LogP contribution in [-0.4, -0.2) is 13.6 Å². The van der Waals surface area contributed by atoms with Gasteiger partial charge >= 0.3 is 0 Å². The van der Waals surface area contributed by atoms with Gasteiger partial charge in [0, 0.05) is 13.1 Å². The average molecular weight is 176 g/mol. The first-order valence-corrected chi connectivity index (χ1v) is 4.86. The number of benzene rings is 1. The maximum atomic E-state index is 3.36. The number of fused-ring (bicyclic) bond motifs is 1. The van der Waals surface area contributed by atoms with Crippen LogP contribution in [-0.2, 0) is 19.5 Å². The van der Waals surface area contributed by atoms with Crippen LogP contribution in [0.15, 0.2) is 18.2 Å². The molecule has 0 aromatic heterocycles. The summed E-state index contributed by atoms with van der Waals surface area (Å²) in [6.45, 7) is 3.15. The SMILES string of the molecule is CNCCc1ccc2c(c1)CNC2. The molecule has 0 saturated heterocycles. The maximum Gasteiger partial charge on any atom is 0.0212 e. The normalized spacial score (nSPS) is 14.5. The van der Waals surface area contributed by atoms with Crippen molar-refractivity contribution in [2.45, 2.75) is 19.5 Å². The molecule has 0 unspecified atom stereocenters. The van der Waals surface area contributed by atoms with Gasteiger partial charge in [-0.05, 0) is 36.7 Å². The summed E-state index contributed by atoms with van der Waals surface area (Å²) in [5.41, 5.74) is 4.39. The summed E-state index contributed by atoms with van der Waals surface area (Å²) in [4.78, 5) is 0. The van der Waals surface area contributed by atoms with Crippen molar-refractivity contribution in [1.82, 2.24) is 10.6 Å². The summed E-state index contributed by atoms with van der Waals surface area (Å²) in [7, 11) is 1.99. The molecule has 0 fully saturated rings. The fourth-order valence-corrected chi connectivity index (χ4v) is 1.77. The van der Waals surface area contributed by atoms with Gasteiger partial charge in [-0.15, -0.1) is 0 Å². The van der Waals surface area contributed by atoms with E-state index in [1.807, 2.05) is 7.05 Å². The van der Waals surface area contributed by atoms with Crippen LogP contribution in [0.25, 0.3) is 0 Å². The molecule has 70 valence electrons. The highest BCUT2D eigenvalue weighted by Gasteiger charge is 2.09. The third kappa shape index (κ3) is 1.90. The molecule has 2 heteroatoms. The van der Waals surface area contributed by atoms with E-state index in [0.29, 0.717) is 0 Å². The number of nitrogens with one attached hydrogen (secondary N) is 2. The lowest BCUT2D eigenvalue weighted by atomic mass is 10.0. The highest BCUT2D eigenvalue weighted by atomic mass is 14.9. The van der Waals surface area contributed by atoms with Gasteiger partial charge in [0.15, 0.2) is 0 Å². The predicted molar refractivity (Wildman–Crippen MR) is 54.6 cm³/mol. The van der Waals surface area contributed by atoms with Crippen molar-refractivity contribution >= 4 is 0 Å². The fraction of sp³-hybridized carbons (Fsp3) is 0.455. The summed E-state index contributed by atoms with van der Waals surface area (Å²) < 4.78 is 0. The van der Waals surface area contributed by atoms with Crippen molar-refractivity contribution in [3.05, 3.63) is 34.9 Å². The topological polar surface area (TPSA) is 24.1 Å². The molecular weight excluding hydrogens is 160 g/mol. The summed E-state index contributed by atoms with van der Waals surface area (Å²) in [6.07, 6.45) is 1.13. The molecule has 0 amide bonds. The zero-order valence-corrected chi connectivity index (χ0v) is 8.06. The second-order valence-electron chi connectivity index (χ2n) is 3.56. The highest BCUT2D eigenvalue weighted by molar-refractivity contribution is 5.34. The molecule has 1 aliphatic heterocycles. The van der Waals surface area contributed by atoms with Crippen molar-refractivity contribution in [2.75, 3.05) is 13.6 Å². The largest absolute Gasteiger partial charge is 0.319 e. The van der Waals surface area contributed by atoms with Crippen LogP contribution in [0, 0.1) is 0 Å². The van der Waals surface area contributed by atoms with Crippen molar-refractivity contribution in [3.8, 4) is 0 Å². The zero-order chi connectivity index (χ0) is 9.10. The van der Waals surface area contributed by atoms with Crippen LogP contribution in [0.1, 0.15) is 16.7 Å². The second kappa shape index (κ2) is 3.90. The Morgan fingerprint density at radius 3 is 3.00 bits per heavy atom. The van der Waals surface area contributed by atoms with Gasteiger partial charge in [0.25, 0.3) is 0 Å². The van der Waals surface area contributed by atoms with Gasteiger partial charge in [0.1, 0.15) is 0 Å². The second-order valence-corrected chi connectivity index (χ2v) is 3.56. The van der Waals surface area contributed by atoms with E-state index in [9.17, 15) is 0 Å². The standard InChI is InChI=1S/C11H16N2/c1-12-5-4-9-2-3-10-7-13-8-11(10)6-9/h2-3,6,12-13H,4-5,7-8H2,1H3. The Labute approximate surface area is 79.4 Å². The molecule has 0 atom stereocenters. The first-order chi connectivity index (χ1) is 6.40. The Balaban J connectivity index is 2.12. The zero-order valence-electron chi connectivity index (χ0n) is 8.06. The van der Waals surface area contributed by atoms with E-state index in [0.717, 1.165) is 26.1 Å². The first kappa shape index (κ1) is 8.73. The molecule has 13 heavy (non-hydrogen) atoms. The fourth-order valence-electron chi connectivity index (χ4n) is 1.77. The summed E-state index contributed by atoms with van der Waals surface area (Å²) in [6, 6.07) is 6.82. The number of likely N-dealkylation sites (N-methyl/N-ethyl adjacent to an activating group) is 1. The monoisotopic (exact) mass is 176 g/mol. The summed E-state index contributed by atoms with van der Waals surface area (Å²) >= 11 is 0. The molecular formula is C11H16N2. The van der Waals surface area contributed by atoms with Gasteiger partial charge in [-0.3, -0.25) is 0 Å². The molecule has 0 radical (unpaired) electrons. The Morgan fingerprint density at radius 1 is 1.31 bits per heavy atom. The number of hydrogen-bond acceptors (Lipinski definition) is 2. The van der Waals surface area contributed by atoms with Crippen molar-refractivity contribution in [3.63, 3.8) is 0 Å². The van der Waals surface area contributed by atoms with E-state index in [1.54, 1.807) is 0 Å². The number of hydrogen-bond donors (Lipinski definition) is 2. The van der Waals surface area contributed by atoms with E-state index < -0.39 is 0 Å². The Hall–Kier alpha value is -0.860. The van der Waals surface area contributed by atoms with E-state index in [2.05, 4.69) is 28.8 Å². The molecule has 0 saturated carbocycles.